The second-order valence-corrected chi connectivity index (χ2v) is 4.28. The molecule has 4 heteroatoms. The van der Waals surface area contributed by atoms with E-state index in [1.165, 1.54) is 19.3 Å². The van der Waals surface area contributed by atoms with Gasteiger partial charge in [-0.2, -0.15) is 0 Å². The molecule has 0 aromatic carbocycles. The quantitative estimate of drug-likeness (QED) is 0.640. The van der Waals surface area contributed by atoms with E-state index >= 15 is 0 Å². The van der Waals surface area contributed by atoms with E-state index in [1.54, 1.807) is 14.2 Å². The Morgan fingerprint density at radius 2 is 1.93 bits per heavy atom. The summed E-state index contributed by atoms with van der Waals surface area (Å²) in [5.41, 5.74) is 5.80. The van der Waals surface area contributed by atoms with E-state index in [1.807, 2.05) is 0 Å². The molecule has 1 rings (SSSR count). The van der Waals surface area contributed by atoms with Crippen LogP contribution in [0.4, 0.5) is 0 Å². The zero-order valence-corrected chi connectivity index (χ0v) is 10.1. The summed E-state index contributed by atoms with van der Waals surface area (Å²) in [5.74, 6) is 0. The van der Waals surface area contributed by atoms with Crippen molar-refractivity contribution in [2.75, 3.05) is 27.8 Å². The highest BCUT2D eigenvalue weighted by Gasteiger charge is 2.28. The number of methoxy groups -OCH3 is 2. The normalized spacial score (nSPS) is 19.6. The Balaban J connectivity index is 2.38. The van der Waals surface area contributed by atoms with Gasteiger partial charge in [0.2, 0.25) is 0 Å². The highest BCUT2D eigenvalue weighted by atomic mass is 16.7. The van der Waals surface area contributed by atoms with Gasteiger partial charge in [0.1, 0.15) is 0 Å². The lowest BCUT2D eigenvalue weighted by molar-refractivity contribution is -0.118. The van der Waals surface area contributed by atoms with Crippen molar-refractivity contribution < 1.29 is 9.47 Å². The van der Waals surface area contributed by atoms with Gasteiger partial charge < -0.3 is 15.2 Å². The van der Waals surface area contributed by atoms with Gasteiger partial charge in [0.15, 0.2) is 6.29 Å². The summed E-state index contributed by atoms with van der Waals surface area (Å²) in [6.07, 6.45) is 4.66. The van der Waals surface area contributed by atoms with E-state index in [2.05, 4.69) is 11.9 Å². The molecule has 1 atom stereocenters. The Hall–Kier alpha value is -0.160. The van der Waals surface area contributed by atoms with Crippen LogP contribution in [0.3, 0.4) is 0 Å². The predicted molar refractivity (Wildman–Crippen MR) is 60.7 cm³/mol. The fourth-order valence-corrected chi connectivity index (χ4v) is 2.03. The van der Waals surface area contributed by atoms with Gasteiger partial charge in [0.25, 0.3) is 0 Å². The number of nitrogens with zero attached hydrogens (tertiary/aromatic N) is 1. The van der Waals surface area contributed by atoms with Gasteiger partial charge in [-0.25, -0.2) is 0 Å². The van der Waals surface area contributed by atoms with E-state index in [9.17, 15) is 0 Å². The van der Waals surface area contributed by atoms with Crippen LogP contribution in [-0.4, -0.2) is 51.1 Å². The maximum Gasteiger partial charge on any atom is 0.158 e. The molecule has 1 fully saturated rings. The highest BCUT2D eigenvalue weighted by molar-refractivity contribution is 4.83. The molecule has 1 saturated carbocycles. The molecule has 0 spiro atoms. The number of rotatable bonds is 7. The molecule has 0 aromatic rings. The van der Waals surface area contributed by atoms with E-state index in [0.29, 0.717) is 18.6 Å². The maximum absolute atomic E-state index is 5.80. The number of hydrogen-bond acceptors (Lipinski definition) is 4. The predicted octanol–water partition coefficient (Wildman–Crippen LogP) is 0.807. The third-order valence-electron chi connectivity index (χ3n) is 3.49. The maximum atomic E-state index is 5.80. The van der Waals surface area contributed by atoms with Gasteiger partial charge in [-0.3, -0.25) is 4.90 Å². The van der Waals surface area contributed by atoms with Crippen molar-refractivity contribution in [1.82, 2.24) is 4.90 Å². The zero-order valence-electron chi connectivity index (χ0n) is 10.1. The number of likely N-dealkylation sites (N-methyl/N-ethyl adjacent to an activating group) is 1. The first-order valence-corrected chi connectivity index (χ1v) is 5.70. The molecule has 0 radical (unpaired) electrons. The fourth-order valence-electron chi connectivity index (χ4n) is 2.03. The van der Waals surface area contributed by atoms with Gasteiger partial charge in [-0.1, -0.05) is 6.42 Å². The Labute approximate surface area is 92.7 Å². The first kappa shape index (κ1) is 12.9. The summed E-state index contributed by atoms with van der Waals surface area (Å²) in [4.78, 5) is 2.38. The minimum Gasteiger partial charge on any atom is -0.356 e. The summed E-state index contributed by atoms with van der Waals surface area (Å²) in [6.45, 7) is 0.663. The van der Waals surface area contributed by atoms with E-state index in [4.69, 9.17) is 15.2 Å². The second kappa shape index (κ2) is 6.43. The molecule has 0 amide bonds. The third-order valence-corrected chi connectivity index (χ3v) is 3.49. The average molecular weight is 216 g/mol. The minimum atomic E-state index is -0.138. The monoisotopic (exact) mass is 216 g/mol. The molecule has 0 aliphatic heterocycles. The van der Waals surface area contributed by atoms with Crippen molar-refractivity contribution in [2.45, 2.75) is 44.1 Å². The molecule has 0 saturated heterocycles. The van der Waals surface area contributed by atoms with Crippen molar-refractivity contribution in [3.63, 3.8) is 0 Å². The molecular formula is C11H24N2O2. The molecule has 0 heterocycles. The van der Waals surface area contributed by atoms with E-state index in [-0.39, 0.29) is 6.29 Å². The fraction of sp³-hybridized carbons (Fsp3) is 1.00. The average Bonchev–Trinajstić information content (AvgIpc) is 2.17. The van der Waals surface area contributed by atoms with Gasteiger partial charge in [-0.05, 0) is 19.9 Å². The van der Waals surface area contributed by atoms with Crippen LogP contribution in [0.2, 0.25) is 0 Å². The molecule has 90 valence electrons. The summed E-state index contributed by atoms with van der Waals surface area (Å²) in [7, 11) is 5.50. The van der Waals surface area contributed by atoms with Crippen molar-refractivity contribution in [1.29, 1.82) is 0 Å². The molecule has 1 aliphatic carbocycles. The molecule has 2 N–H and O–H groups in total. The topological polar surface area (TPSA) is 47.7 Å². The second-order valence-electron chi connectivity index (χ2n) is 4.28. The number of hydrogen-bond donors (Lipinski definition) is 1. The van der Waals surface area contributed by atoms with Gasteiger partial charge in [0.05, 0.1) is 0 Å². The van der Waals surface area contributed by atoms with Crippen molar-refractivity contribution >= 4 is 0 Å². The Kier molecular flexibility index (Phi) is 5.53. The Morgan fingerprint density at radius 3 is 2.27 bits per heavy atom. The molecule has 1 unspecified atom stereocenters. The largest absolute Gasteiger partial charge is 0.356 e. The standard InChI is InChI=1S/C11H24N2O2/c1-13(9-5-4-6-9)10(8-12)7-11(14-2)15-3/h9-11H,4-8,12H2,1-3H3. The lowest BCUT2D eigenvalue weighted by Crippen LogP contribution is -2.48. The Bertz CT molecular complexity index is 170. The van der Waals surface area contributed by atoms with Crippen molar-refractivity contribution in [3.8, 4) is 0 Å². The van der Waals surface area contributed by atoms with Crippen LogP contribution >= 0.6 is 0 Å². The van der Waals surface area contributed by atoms with Crippen LogP contribution in [0.25, 0.3) is 0 Å². The lowest BCUT2D eigenvalue weighted by atomic mass is 9.90. The van der Waals surface area contributed by atoms with Crippen molar-refractivity contribution in [3.05, 3.63) is 0 Å². The molecule has 0 aromatic heterocycles. The third kappa shape index (κ3) is 3.41. The van der Waals surface area contributed by atoms with E-state index in [0.717, 1.165) is 6.42 Å². The molecule has 0 bridgehead atoms. The van der Waals surface area contributed by atoms with Crippen LogP contribution in [0.5, 0.6) is 0 Å². The van der Waals surface area contributed by atoms with Gasteiger partial charge >= 0.3 is 0 Å². The number of ether oxygens (including phenoxy) is 2. The zero-order chi connectivity index (χ0) is 11.3. The SMILES string of the molecule is COC(CC(CN)N(C)C1CCC1)OC. The Morgan fingerprint density at radius 1 is 1.33 bits per heavy atom. The van der Waals surface area contributed by atoms with Crippen LogP contribution in [0, 0.1) is 0 Å². The summed E-state index contributed by atoms with van der Waals surface area (Å²) in [5, 5.41) is 0. The van der Waals surface area contributed by atoms with E-state index < -0.39 is 0 Å². The molecule has 1 aliphatic rings. The van der Waals surface area contributed by atoms with Crippen LogP contribution in [0.1, 0.15) is 25.7 Å². The summed E-state index contributed by atoms with van der Waals surface area (Å²) < 4.78 is 10.4. The summed E-state index contributed by atoms with van der Waals surface area (Å²) in [6, 6.07) is 1.08. The van der Waals surface area contributed by atoms with Gasteiger partial charge in [-0.15, -0.1) is 0 Å². The summed E-state index contributed by atoms with van der Waals surface area (Å²) >= 11 is 0. The smallest absolute Gasteiger partial charge is 0.158 e. The minimum absolute atomic E-state index is 0.138. The lowest BCUT2D eigenvalue weighted by Gasteiger charge is -2.40. The molecular weight excluding hydrogens is 192 g/mol. The first-order valence-electron chi connectivity index (χ1n) is 5.70. The van der Waals surface area contributed by atoms with Crippen LogP contribution < -0.4 is 5.73 Å². The molecule has 4 nitrogen and oxygen atoms in total. The highest BCUT2D eigenvalue weighted by Crippen LogP contribution is 2.26. The molecule has 15 heavy (non-hydrogen) atoms. The first-order chi connectivity index (χ1) is 7.22. The van der Waals surface area contributed by atoms with Gasteiger partial charge in [0, 0.05) is 39.3 Å². The van der Waals surface area contributed by atoms with Crippen molar-refractivity contribution in [2.24, 2.45) is 5.73 Å². The number of nitrogens with two attached hydrogens (primary N) is 1. The van der Waals surface area contributed by atoms with Crippen LogP contribution in [0.15, 0.2) is 0 Å². The van der Waals surface area contributed by atoms with Crippen LogP contribution in [-0.2, 0) is 9.47 Å².